The number of alkyl halides is 3. The maximum Gasteiger partial charge on any atom is 0.416 e. The van der Waals surface area contributed by atoms with Crippen molar-refractivity contribution in [2.24, 2.45) is 0 Å². The van der Waals surface area contributed by atoms with Crippen molar-refractivity contribution in [2.75, 3.05) is 18.6 Å². The summed E-state index contributed by atoms with van der Waals surface area (Å²) in [6.45, 7) is 0.454. The van der Waals surface area contributed by atoms with Crippen molar-refractivity contribution in [3.63, 3.8) is 0 Å². The number of anilines is 1. The van der Waals surface area contributed by atoms with Crippen LogP contribution in [0.25, 0.3) is 0 Å². The summed E-state index contributed by atoms with van der Waals surface area (Å²) >= 11 is 0. The number of benzene rings is 2. The van der Waals surface area contributed by atoms with Crippen molar-refractivity contribution in [1.29, 1.82) is 0 Å². The first-order valence-corrected chi connectivity index (χ1v) is 8.48. The van der Waals surface area contributed by atoms with E-state index in [9.17, 15) is 22.8 Å². The molecule has 0 spiro atoms. The zero-order valence-corrected chi connectivity index (χ0v) is 14.7. The molecule has 7 heteroatoms. The van der Waals surface area contributed by atoms with E-state index in [2.05, 4.69) is 0 Å². The molecule has 142 valence electrons. The third kappa shape index (κ3) is 3.97. The monoisotopic (exact) mass is 377 g/mol. The topological polar surface area (TPSA) is 46.6 Å². The molecular weight excluding hydrogens is 359 g/mol. The minimum Gasteiger partial charge on any atom is -0.465 e. The fourth-order valence-corrected chi connectivity index (χ4v) is 3.31. The van der Waals surface area contributed by atoms with E-state index in [4.69, 9.17) is 4.74 Å². The summed E-state index contributed by atoms with van der Waals surface area (Å²) < 4.78 is 43.4. The smallest absolute Gasteiger partial charge is 0.416 e. The van der Waals surface area contributed by atoms with E-state index < -0.39 is 17.7 Å². The van der Waals surface area contributed by atoms with Gasteiger partial charge in [-0.05, 0) is 42.2 Å². The summed E-state index contributed by atoms with van der Waals surface area (Å²) in [6, 6.07) is 9.83. The Morgan fingerprint density at radius 2 is 1.89 bits per heavy atom. The van der Waals surface area contributed by atoms with Gasteiger partial charge >= 0.3 is 12.1 Å². The SMILES string of the molecule is COC(=O)c1cccc2c1CCCN2C(=O)Cc1cccc(C(F)(F)F)c1. The van der Waals surface area contributed by atoms with Crippen molar-refractivity contribution in [3.05, 3.63) is 64.7 Å². The Bertz CT molecular complexity index is 877. The molecule has 4 nitrogen and oxygen atoms in total. The molecule has 0 saturated carbocycles. The molecule has 27 heavy (non-hydrogen) atoms. The quantitative estimate of drug-likeness (QED) is 0.760. The Balaban J connectivity index is 1.87. The fraction of sp³-hybridized carbons (Fsp3) is 0.300. The van der Waals surface area contributed by atoms with Gasteiger partial charge in [0.05, 0.1) is 24.7 Å². The first-order chi connectivity index (χ1) is 12.8. The maximum atomic E-state index is 12.9. The predicted molar refractivity (Wildman–Crippen MR) is 93.6 cm³/mol. The summed E-state index contributed by atoms with van der Waals surface area (Å²) in [5, 5.41) is 0. The molecule has 2 aromatic rings. The Morgan fingerprint density at radius 1 is 1.15 bits per heavy atom. The third-order valence-electron chi connectivity index (χ3n) is 4.57. The van der Waals surface area contributed by atoms with Gasteiger partial charge in [0.25, 0.3) is 0 Å². The lowest BCUT2D eigenvalue weighted by Gasteiger charge is -2.30. The standard InChI is InChI=1S/C20H18F3NO3/c1-27-19(26)16-7-3-9-17-15(16)8-4-10-24(17)18(25)12-13-5-2-6-14(11-13)20(21,22)23/h2-3,5-7,9,11H,4,8,10,12H2,1H3. The van der Waals surface area contributed by atoms with E-state index >= 15 is 0 Å². The molecule has 2 aromatic carbocycles. The van der Waals surface area contributed by atoms with Crippen LogP contribution in [0.3, 0.4) is 0 Å². The molecule has 0 radical (unpaired) electrons. The third-order valence-corrected chi connectivity index (χ3v) is 4.57. The van der Waals surface area contributed by atoms with Gasteiger partial charge in [0.15, 0.2) is 0 Å². The van der Waals surface area contributed by atoms with Gasteiger partial charge in [-0.1, -0.05) is 24.3 Å². The number of carbonyl (C=O) groups excluding carboxylic acids is 2. The van der Waals surface area contributed by atoms with E-state index in [-0.39, 0.29) is 12.3 Å². The van der Waals surface area contributed by atoms with Gasteiger partial charge in [0.1, 0.15) is 0 Å². The van der Waals surface area contributed by atoms with E-state index in [1.54, 1.807) is 18.2 Å². The number of hydrogen-bond acceptors (Lipinski definition) is 3. The lowest BCUT2D eigenvalue weighted by Crippen LogP contribution is -2.37. The van der Waals surface area contributed by atoms with Crippen molar-refractivity contribution in [1.82, 2.24) is 0 Å². The zero-order valence-electron chi connectivity index (χ0n) is 14.7. The average Bonchev–Trinajstić information content (AvgIpc) is 2.66. The zero-order chi connectivity index (χ0) is 19.6. The molecule has 0 aliphatic carbocycles. The van der Waals surface area contributed by atoms with Crippen LogP contribution >= 0.6 is 0 Å². The summed E-state index contributed by atoms with van der Waals surface area (Å²) in [6.07, 6.45) is -3.30. The molecule has 1 aliphatic rings. The second-order valence-electron chi connectivity index (χ2n) is 6.32. The molecule has 0 aromatic heterocycles. The number of amides is 1. The van der Waals surface area contributed by atoms with E-state index in [0.29, 0.717) is 36.2 Å². The van der Waals surface area contributed by atoms with Gasteiger partial charge in [0, 0.05) is 12.2 Å². The number of fused-ring (bicyclic) bond motifs is 1. The van der Waals surface area contributed by atoms with Crippen molar-refractivity contribution < 1.29 is 27.5 Å². The van der Waals surface area contributed by atoms with Crippen molar-refractivity contribution >= 4 is 17.6 Å². The van der Waals surface area contributed by atoms with E-state index in [1.807, 2.05) is 0 Å². The Morgan fingerprint density at radius 3 is 2.59 bits per heavy atom. The first kappa shape index (κ1) is 18.9. The molecule has 1 amide bonds. The number of nitrogens with zero attached hydrogens (tertiary/aromatic N) is 1. The van der Waals surface area contributed by atoms with Crippen LogP contribution in [0.2, 0.25) is 0 Å². The van der Waals surface area contributed by atoms with Gasteiger partial charge in [-0.2, -0.15) is 13.2 Å². The fourth-order valence-electron chi connectivity index (χ4n) is 3.31. The molecule has 0 saturated heterocycles. The molecule has 0 unspecified atom stereocenters. The van der Waals surface area contributed by atoms with Crippen LogP contribution in [0, 0.1) is 0 Å². The number of halogens is 3. The lowest BCUT2D eigenvalue weighted by atomic mass is 9.95. The Hall–Kier alpha value is -2.83. The first-order valence-electron chi connectivity index (χ1n) is 8.48. The van der Waals surface area contributed by atoms with Crippen LogP contribution in [0.4, 0.5) is 18.9 Å². The molecule has 0 atom stereocenters. The van der Waals surface area contributed by atoms with Gasteiger partial charge in [-0.25, -0.2) is 4.79 Å². The molecule has 0 bridgehead atoms. The van der Waals surface area contributed by atoms with Crippen LogP contribution in [-0.2, 0) is 28.5 Å². The molecule has 1 heterocycles. The number of esters is 1. The minimum atomic E-state index is -4.45. The number of rotatable bonds is 3. The molecule has 0 N–H and O–H groups in total. The van der Waals surface area contributed by atoms with Crippen LogP contribution in [0.5, 0.6) is 0 Å². The second kappa shape index (κ2) is 7.42. The molecule has 3 rings (SSSR count). The maximum absolute atomic E-state index is 12.9. The van der Waals surface area contributed by atoms with Crippen molar-refractivity contribution in [3.8, 4) is 0 Å². The average molecular weight is 377 g/mol. The number of hydrogen-bond donors (Lipinski definition) is 0. The summed E-state index contributed by atoms with van der Waals surface area (Å²) in [5.41, 5.74) is 1.27. The van der Waals surface area contributed by atoms with Crippen LogP contribution in [0.1, 0.15) is 33.5 Å². The lowest BCUT2D eigenvalue weighted by molar-refractivity contribution is -0.137. The summed E-state index contributed by atoms with van der Waals surface area (Å²) in [4.78, 5) is 26.3. The number of ether oxygens (including phenoxy) is 1. The highest BCUT2D eigenvalue weighted by Crippen LogP contribution is 2.32. The van der Waals surface area contributed by atoms with Crippen LogP contribution < -0.4 is 4.90 Å². The molecule has 0 fully saturated rings. The number of methoxy groups -OCH3 is 1. The highest BCUT2D eigenvalue weighted by molar-refractivity contribution is 5.99. The van der Waals surface area contributed by atoms with Gasteiger partial charge in [0.2, 0.25) is 5.91 Å². The summed E-state index contributed by atoms with van der Waals surface area (Å²) in [5.74, 6) is -0.781. The molecular formula is C20H18F3NO3. The Kier molecular flexibility index (Phi) is 5.21. The van der Waals surface area contributed by atoms with Gasteiger partial charge < -0.3 is 9.64 Å². The minimum absolute atomic E-state index is 0.147. The summed E-state index contributed by atoms with van der Waals surface area (Å²) in [7, 11) is 1.29. The van der Waals surface area contributed by atoms with Gasteiger partial charge in [-0.15, -0.1) is 0 Å². The normalized spacial score (nSPS) is 13.9. The van der Waals surface area contributed by atoms with Crippen LogP contribution in [-0.4, -0.2) is 25.5 Å². The van der Waals surface area contributed by atoms with E-state index in [0.717, 1.165) is 17.7 Å². The second-order valence-corrected chi connectivity index (χ2v) is 6.32. The Labute approximate surface area is 154 Å². The van der Waals surface area contributed by atoms with Crippen molar-refractivity contribution in [2.45, 2.75) is 25.4 Å². The van der Waals surface area contributed by atoms with E-state index in [1.165, 1.54) is 24.1 Å². The molecule has 1 aliphatic heterocycles. The predicted octanol–water partition coefficient (Wildman–Crippen LogP) is 4.01. The van der Waals surface area contributed by atoms with Gasteiger partial charge in [-0.3, -0.25) is 4.79 Å². The number of carbonyl (C=O) groups is 2. The van der Waals surface area contributed by atoms with Crippen LogP contribution in [0.15, 0.2) is 42.5 Å². The highest BCUT2D eigenvalue weighted by atomic mass is 19.4. The largest absolute Gasteiger partial charge is 0.465 e. The highest BCUT2D eigenvalue weighted by Gasteiger charge is 2.31.